The van der Waals surface area contributed by atoms with E-state index in [1.165, 1.54) is 25.4 Å². The summed E-state index contributed by atoms with van der Waals surface area (Å²) in [5, 5.41) is 14.9. The topological polar surface area (TPSA) is 110 Å². The van der Waals surface area contributed by atoms with Crippen LogP contribution in [0.4, 0.5) is 5.69 Å². The number of hydrogen-bond donors (Lipinski definition) is 0. The lowest BCUT2D eigenvalue weighted by atomic mass is 10.2. The number of non-ortho nitro benzene ring substituents is 1. The van der Waals surface area contributed by atoms with Crippen LogP contribution in [-0.2, 0) is 10.0 Å². The van der Waals surface area contributed by atoms with Gasteiger partial charge in [0.05, 0.1) is 27.9 Å². The zero-order valence-electron chi connectivity index (χ0n) is 14.7. The molecule has 0 unspecified atom stereocenters. The van der Waals surface area contributed by atoms with Crippen molar-refractivity contribution in [1.29, 1.82) is 0 Å². The molecule has 28 heavy (non-hydrogen) atoms. The summed E-state index contributed by atoms with van der Waals surface area (Å²) in [6.07, 6.45) is 4.70. The highest BCUT2D eigenvalue weighted by molar-refractivity contribution is 9.10. The van der Waals surface area contributed by atoms with Gasteiger partial charge in [0.2, 0.25) is 0 Å². The summed E-state index contributed by atoms with van der Waals surface area (Å²) in [5.74, 6) is 0. The second kappa shape index (κ2) is 8.25. The van der Waals surface area contributed by atoms with Gasteiger partial charge in [-0.25, -0.2) is 4.98 Å². The molecular formula is C16H15BrClN5O4S. The van der Waals surface area contributed by atoms with E-state index >= 15 is 0 Å². The number of aromatic nitrogens is 2. The molecule has 0 N–H and O–H groups in total. The first-order valence-corrected chi connectivity index (χ1v) is 9.84. The summed E-state index contributed by atoms with van der Waals surface area (Å²) in [6, 6.07) is 7.32. The zero-order valence-corrected chi connectivity index (χ0v) is 17.9. The van der Waals surface area contributed by atoms with E-state index in [-0.39, 0.29) is 23.0 Å². The lowest BCUT2D eigenvalue weighted by molar-refractivity contribution is -0.385. The highest BCUT2D eigenvalue weighted by Gasteiger charge is 2.24. The van der Waals surface area contributed by atoms with Crippen molar-refractivity contribution in [3.63, 3.8) is 0 Å². The van der Waals surface area contributed by atoms with Gasteiger partial charge in [0.25, 0.3) is 15.7 Å². The van der Waals surface area contributed by atoms with E-state index < -0.39 is 14.9 Å². The molecule has 0 saturated heterocycles. The molecule has 9 nitrogen and oxygen atoms in total. The largest absolute Gasteiger partial charge is 0.298 e. The van der Waals surface area contributed by atoms with Crippen LogP contribution in [0.1, 0.15) is 11.3 Å². The van der Waals surface area contributed by atoms with Crippen molar-refractivity contribution in [2.24, 2.45) is 5.10 Å². The Balaban J connectivity index is 0.00000280. The molecule has 2 heterocycles. The van der Waals surface area contributed by atoms with Gasteiger partial charge in [-0.05, 0) is 40.5 Å². The molecule has 0 bridgehead atoms. The maximum absolute atomic E-state index is 12.8. The maximum Gasteiger partial charge on any atom is 0.279 e. The molecule has 0 radical (unpaired) electrons. The molecule has 0 saturated carbocycles. The van der Waals surface area contributed by atoms with E-state index in [4.69, 9.17) is 0 Å². The van der Waals surface area contributed by atoms with Crippen LogP contribution in [0.5, 0.6) is 0 Å². The molecule has 0 aliphatic carbocycles. The van der Waals surface area contributed by atoms with Gasteiger partial charge in [-0.15, -0.1) is 12.4 Å². The highest BCUT2D eigenvalue weighted by Crippen LogP contribution is 2.24. The molecule has 0 amide bonds. The van der Waals surface area contributed by atoms with E-state index in [0.717, 1.165) is 15.0 Å². The van der Waals surface area contributed by atoms with E-state index in [1.807, 2.05) is 6.07 Å². The van der Waals surface area contributed by atoms with E-state index in [9.17, 15) is 18.5 Å². The van der Waals surface area contributed by atoms with Gasteiger partial charge < -0.3 is 0 Å². The predicted molar refractivity (Wildman–Crippen MR) is 111 cm³/mol. The smallest absolute Gasteiger partial charge is 0.279 e. The molecule has 2 aromatic heterocycles. The average Bonchev–Trinajstić information content (AvgIpc) is 3.01. The fourth-order valence-corrected chi connectivity index (χ4v) is 3.93. The Morgan fingerprint density at radius 1 is 1.32 bits per heavy atom. The number of nitro groups is 1. The molecule has 3 aromatic rings. The molecule has 0 fully saturated rings. The van der Waals surface area contributed by atoms with Crippen LogP contribution in [0.3, 0.4) is 0 Å². The van der Waals surface area contributed by atoms with Gasteiger partial charge in [0.1, 0.15) is 5.65 Å². The summed E-state index contributed by atoms with van der Waals surface area (Å²) in [4.78, 5) is 14.3. The van der Waals surface area contributed by atoms with Gasteiger partial charge in [0, 0.05) is 29.8 Å². The van der Waals surface area contributed by atoms with Gasteiger partial charge in [0.15, 0.2) is 0 Å². The Hall–Kier alpha value is -2.50. The fourth-order valence-electron chi connectivity index (χ4n) is 2.39. The minimum atomic E-state index is -4.05. The first-order chi connectivity index (χ1) is 12.7. The van der Waals surface area contributed by atoms with Crippen molar-refractivity contribution in [2.45, 2.75) is 11.8 Å². The average molecular weight is 489 g/mol. The maximum atomic E-state index is 12.8. The molecule has 1 aromatic carbocycles. The standard InChI is InChI=1S/C16H14BrN5O4S.ClH/c1-11-3-5-13(22(23)24)7-15(11)27(25,26)20(2)19-9-14-8-18-16-6-4-12(17)10-21(14)16;/h3-10H,1-2H3;1H/b19-9+;. The van der Waals surface area contributed by atoms with Gasteiger partial charge in [-0.3, -0.25) is 14.5 Å². The van der Waals surface area contributed by atoms with Crippen molar-refractivity contribution in [3.8, 4) is 0 Å². The molecule has 3 rings (SSSR count). The van der Waals surface area contributed by atoms with Crippen LogP contribution in [0, 0.1) is 17.0 Å². The lowest BCUT2D eigenvalue weighted by Gasteiger charge is -2.15. The second-order valence-corrected chi connectivity index (χ2v) is 8.48. The van der Waals surface area contributed by atoms with E-state index in [0.29, 0.717) is 16.9 Å². The van der Waals surface area contributed by atoms with Gasteiger partial charge >= 0.3 is 0 Å². The van der Waals surface area contributed by atoms with Crippen LogP contribution in [0.15, 0.2) is 57.2 Å². The number of rotatable bonds is 5. The summed E-state index contributed by atoms with van der Waals surface area (Å²) in [7, 11) is -2.78. The molecule has 0 spiro atoms. The van der Waals surface area contributed by atoms with Gasteiger partial charge in [-0.2, -0.15) is 17.9 Å². The van der Waals surface area contributed by atoms with Crippen LogP contribution >= 0.6 is 28.3 Å². The van der Waals surface area contributed by atoms with E-state index in [1.54, 1.807) is 29.8 Å². The molecule has 0 aliphatic heterocycles. The fraction of sp³-hybridized carbons (Fsp3) is 0.125. The molecule has 148 valence electrons. The minimum Gasteiger partial charge on any atom is -0.298 e. The van der Waals surface area contributed by atoms with Crippen LogP contribution in [-0.4, -0.2) is 40.4 Å². The Morgan fingerprint density at radius 3 is 2.71 bits per heavy atom. The van der Waals surface area contributed by atoms with Crippen molar-refractivity contribution >= 4 is 55.9 Å². The first-order valence-electron chi connectivity index (χ1n) is 7.61. The number of hydrogen-bond acceptors (Lipinski definition) is 6. The van der Waals surface area contributed by atoms with Crippen LogP contribution in [0.25, 0.3) is 5.65 Å². The number of halogens is 2. The number of benzene rings is 1. The van der Waals surface area contributed by atoms with Crippen LogP contribution in [0.2, 0.25) is 0 Å². The highest BCUT2D eigenvalue weighted by atomic mass is 79.9. The van der Waals surface area contributed by atoms with Gasteiger partial charge in [-0.1, -0.05) is 6.07 Å². The third-order valence-corrected chi connectivity index (χ3v) is 6.11. The number of imidazole rings is 1. The van der Waals surface area contributed by atoms with Crippen molar-refractivity contribution in [3.05, 3.63) is 68.6 Å². The molecule has 0 atom stereocenters. The quantitative estimate of drug-likeness (QED) is 0.310. The molecule has 0 aliphatic rings. The molecular weight excluding hydrogens is 474 g/mol. The summed E-state index contributed by atoms with van der Waals surface area (Å²) >= 11 is 3.37. The number of sulfonamides is 1. The Bertz CT molecular complexity index is 1180. The Kier molecular flexibility index (Phi) is 6.42. The summed E-state index contributed by atoms with van der Waals surface area (Å²) in [6.45, 7) is 1.57. The predicted octanol–water partition coefficient (Wildman–Crippen LogP) is 3.39. The third kappa shape index (κ3) is 4.16. The Morgan fingerprint density at radius 2 is 2.04 bits per heavy atom. The number of aryl methyl sites for hydroxylation is 1. The monoisotopic (exact) mass is 487 g/mol. The number of nitro benzene ring substituents is 1. The summed E-state index contributed by atoms with van der Waals surface area (Å²) in [5.41, 5.74) is 1.34. The van der Waals surface area contributed by atoms with Crippen molar-refractivity contribution in [2.75, 3.05) is 7.05 Å². The lowest BCUT2D eigenvalue weighted by Crippen LogP contribution is -2.23. The second-order valence-electron chi connectivity index (χ2n) is 5.65. The zero-order chi connectivity index (χ0) is 19.8. The Labute approximate surface area is 175 Å². The minimum absolute atomic E-state index is 0. The first kappa shape index (κ1) is 21.8. The van der Waals surface area contributed by atoms with Crippen LogP contribution < -0.4 is 0 Å². The SMILES string of the molecule is Cc1ccc([N+](=O)[O-])cc1S(=O)(=O)N(C)/N=C/c1cnc2ccc(Br)cn12.Cl. The number of hydrazone groups is 1. The number of pyridine rings is 1. The number of fused-ring (bicyclic) bond motifs is 1. The van der Waals surface area contributed by atoms with E-state index in [2.05, 4.69) is 26.0 Å². The summed E-state index contributed by atoms with van der Waals surface area (Å²) < 4.78 is 28.9. The normalized spacial score (nSPS) is 11.5. The third-order valence-electron chi connectivity index (χ3n) is 3.86. The molecule has 12 heteroatoms. The number of nitrogens with zero attached hydrogens (tertiary/aromatic N) is 5. The van der Waals surface area contributed by atoms with Crippen molar-refractivity contribution in [1.82, 2.24) is 13.8 Å². The van der Waals surface area contributed by atoms with Crippen molar-refractivity contribution < 1.29 is 13.3 Å².